The van der Waals surface area contributed by atoms with Gasteiger partial charge in [-0.1, -0.05) is 13.3 Å². The van der Waals surface area contributed by atoms with Crippen LogP contribution >= 0.6 is 11.5 Å². The van der Waals surface area contributed by atoms with Crippen LogP contribution in [0.2, 0.25) is 0 Å². The van der Waals surface area contributed by atoms with E-state index in [-0.39, 0.29) is 6.10 Å². The molecule has 1 unspecified atom stereocenters. The number of ether oxygens (including phenoxy) is 1. The van der Waals surface area contributed by atoms with Gasteiger partial charge in [0.2, 0.25) is 5.13 Å². The summed E-state index contributed by atoms with van der Waals surface area (Å²) in [5.74, 6) is 0.844. The predicted molar refractivity (Wildman–Crippen MR) is 65.8 cm³/mol. The van der Waals surface area contributed by atoms with Gasteiger partial charge in [0, 0.05) is 24.2 Å². The van der Waals surface area contributed by atoms with Crippen molar-refractivity contribution in [3.8, 4) is 0 Å². The molecule has 0 bridgehead atoms. The van der Waals surface area contributed by atoms with E-state index >= 15 is 0 Å². The lowest BCUT2D eigenvalue weighted by molar-refractivity contribution is 0.0503. The molecule has 1 N–H and O–H groups in total. The monoisotopic (exact) mass is 241 g/mol. The molecule has 4 nitrogen and oxygen atoms in total. The zero-order chi connectivity index (χ0) is 11.4. The number of anilines is 1. The highest BCUT2D eigenvalue weighted by molar-refractivity contribution is 7.09. The number of hydrogen-bond acceptors (Lipinski definition) is 5. The van der Waals surface area contributed by atoms with Gasteiger partial charge in [0.1, 0.15) is 6.10 Å². The van der Waals surface area contributed by atoms with Crippen molar-refractivity contribution >= 4 is 16.7 Å². The molecule has 0 saturated heterocycles. The van der Waals surface area contributed by atoms with Crippen molar-refractivity contribution in [3.63, 3.8) is 0 Å². The molecular weight excluding hydrogens is 222 g/mol. The van der Waals surface area contributed by atoms with Crippen LogP contribution in [0.1, 0.15) is 51.5 Å². The van der Waals surface area contributed by atoms with Crippen molar-refractivity contribution in [1.82, 2.24) is 9.36 Å². The summed E-state index contributed by atoms with van der Waals surface area (Å²) in [7, 11) is 0. The Labute approximate surface area is 101 Å². The number of nitrogens with one attached hydrogen (secondary N) is 1. The first-order valence-corrected chi connectivity index (χ1v) is 6.82. The Morgan fingerprint density at radius 3 is 2.94 bits per heavy atom. The normalized spacial score (nSPS) is 17.4. The molecule has 1 saturated carbocycles. The summed E-state index contributed by atoms with van der Waals surface area (Å²) in [6.07, 6.45) is 4.68. The summed E-state index contributed by atoms with van der Waals surface area (Å²) < 4.78 is 10.0. The average Bonchev–Trinajstić information content (AvgIpc) is 2.95. The van der Waals surface area contributed by atoms with Crippen LogP contribution in [0.15, 0.2) is 0 Å². The van der Waals surface area contributed by atoms with E-state index in [0.29, 0.717) is 6.04 Å². The zero-order valence-corrected chi connectivity index (χ0v) is 10.7. The van der Waals surface area contributed by atoms with Crippen molar-refractivity contribution < 1.29 is 4.74 Å². The Balaban J connectivity index is 1.96. The quantitative estimate of drug-likeness (QED) is 0.797. The first-order chi connectivity index (χ1) is 7.83. The largest absolute Gasteiger partial charge is 0.370 e. The third-order valence-electron chi connectivity index (χ3n) is 2.55. The summed E-state index contributed by atoms with van der Waals surface area (Å²) in [6, 6.07) is 0.637. The van der Waals surface area contributed by atoms with E-state index in [0.717, 1.165) is 30.4 Å². The number of rotatable bonds is 7. The fraction of sp³-hybridized carbons (Fsp3) is 0.818. The first kappa shape index (κ1) is 11.8. The molecule has 2 rings (SSSR count). The van der Waals surface area contributed by atoms with Crippen LogP contribution in [-0.2, 0) is 4.74 Å². The van der Waals surface area contributed by atoms with E-state index in [1.165, 1.54) is 24.4 Å². The number of nitrogens with zero attached hydrogens (tertiary/aromatic N) is 2. The van der Waals surface area contributed by atoms with Crippen LogP contribution in [0.3, 0.4) is 0 Å². The SMILES string of the molecule is CCCC(OCC)c1nsc(NC2CC2)n1. The Bertz CT molecular complexity index is 319. The Morgan fingerprint density at radius 1 is 1.50 bits per heavy atom. The van der Waals surface area contributed by atoms with Crippen molar-refractivity contribution in [3.05, 3.63) is 5.82 Å². The third kappa shape index (κ3) is 3.15. The molecule has 90 valence electrons. The molecule has 0 spiro atoms. The van der Waals surface area contributed by atoms with Gasteiger partial charge in [0.25, 0.3) is 0 Å². The van der Waals surface area contributed by atoms with Gasteiger partial charge in [-0.2, -0.15) is 4.37 Å². The highest BCUT2D eigenvalue weighted by Gasteiger charge is 2.23. The average molecular weight is 241 g/mol. The van der Waals surface area contributed by atoms with E-state index in [1.54, 1.807) is 0 Å². The summed E-state index contributed by atoms with van der Waals surface area (Å²) in [5, 5.41) is 4.31. The minimum Gasteiger partial charge on any atom is -0.370 e. The van der Waals surface area contributed by atoms with Gasteiger partial charge in [0.15, 0.2) is 5.82 Å². The van der Waals surface area contributed by atoms with Crippen molar-refractivity contribution in [2.45, 2.75) is 51.7 Å². The molecule has 1 aromatic heterocycles. The number of hydrogen-bond donors (Lipinski definition) is 1. The van der Waals surface area contributed by atoms with E-state index < -0.39 is 0 Å². The van der Waals surface area contributed by atoms with Crippen LogP contribution in [-0.4, -0.2) is 22.0 Å². The Hall–Kier alpha value is -0.680. The van der Waals surface area contributed by atoms with Crippen LogP contribution in [0.5, 0.6) is 0 Å². The topological polar surface area (TPSA) is 47.0 Å². The van der Waals surface area contributed by atoms with E-state index in [9.17, 15) is 0 Å². The highest BCUT2D eigenvalue weighted by atomic mass is 32.1. The second-order valence-corrected chi connectivity index (χ2v) is 4.86. The lowest BCUT2D eigenvalue weighted by Gasteiger charge is -2.11. The molecule has 1 fully saturated rings. The van der Waals surface area contributed by atoms with Crippen molar-refractivity contribution in [2.24, 2.45) is 0 Å². The summed E-state index contributed by atoms with van der Waals surface area (Å²) in [6.45, 7) is 4.88. The Morgan fingerprint density at radius 2 is 2.31 bits per heavy atom. The van der Waals surface area contributed by atoms with Gasteiger partial charge in [0.05, 0.1) is 0 Å². The molecule has 1 atom stereocenters. The number of aromatic nitrogens is 2. The van der Waals surface area contributed by atoms with Gasteiger partial charge in [-0.3, -0.25) is 0 Å². The fourth-order valence-corrected chi connectivity index (χ4v) is 2.27. The molecule has 1 heterocycles. The summed E-state index contributed by atoms with van der Waals surface area (Å²) in [5.41, 5.74) is 0. The maximum atomic E-state index is 5.66. The van der Waals surface area contributed by atoms with Crippen LogP contribution in [0, 0.1) is 0 Å². The smallest absolute Gasteiger partial charge is 0.202 e. The summed E-state index contributed by atoms with van der Waals surface area (Å²) in [4.78, 5) is 4.50. The molecule has 0 amide bonds. The van der Waals surface area contributed by atoms with E-state index in [4.69, 9.17) is 4.74 Å². The molecule has 5 heteroatoms. The fourth-order valence-electron chi connectivity index (χ4n) is 1.58. The summed E-state index contributed by atoms with van der Waals surface area (Å²) >= 11 is 1.45. The third-order valence-corrected chi connectivity index (χ3v) is 3.21. The standard InChI is InChI=1S/C11H19N3OS/c1-3-5-9(15-4-2)10-13-11(16-14-10)12-8-6-7-8/h8-9H,3-7H2,1-2H3,(H,12,13,14). The molecule has 1 aliphatic carbocycles. The highest BCUT2D eigenvalue weighted by Crippen LogP contribution is 2.28. The maximum Gasteiger partial charge on any atom is 0.202 e. The van der Waals surface area contributed by atoms with Gasteiger partial charge in [-0.05, 0) is 26.2 Å². The molecule has 1 aliphatic rings. The van der Waals surface area contributed by atoms with Gasteiger partial charge in [-0.25, -0.2) is 4.98 Å². The van der Waals surface area contributed by atoms with Crippen molar-refractivity contribution in [1.29, 1.82) is 0 Å². The Kier molecular flexibility index (Phi) is 4.12. The minimum absolute atomic E-state index is 0.0704. The molecule has 0 radical (unpaired) electrons. The van der Waals surface area contributed by atoms with Gasteiger partial charge >= 0.3 is 0 Å². The second kappa shape index (κ2) is 5.59. The van der Waals surface area contributed by atoms with E-state index in [2.05, 4.69) is 21.6 Å². The maximum absolute atomic E-state index is 5.66. The molecule has 0 aromatic carbocycles. The first-order valence-electron chi connectivity index (χ1n) is 6.05. The van der Waals surface area contributed by atoms with Crippen molar-refractivity contribution in [2.75, 3.05) is 11.9 Å². The molecule has 16 heavy (non-hydrogen) atoms. The van der Waals surface area contributed by atoms with Gasteiger partial charge < -0.3 is 10.1 Å². The lowest BCUT2D eigenvalue weighted by atomic mass is 10.2. The van der Waals surface area contributed by atoms with E-state index in [1.807, 2.05) is 6.92 Å². The predicted octanol–water partition coefficient (Wildman–Crippen LogP) is 2.99. The van der Waals surface area contributed by atoms with Crippen LogP contribution in [0.4, 0.5) is 5.13 Å². The molecular formula is C11H19N3OS. The van der Waals surface area contributed by atoms with Gasteiger partial charge in [-0.15, -0.1) is 0 Å². The zero-order valence-electron chi connectivity index (χ0n) is 9.90. The molecule has 0 aliphatic heterocycles. The molecule has 1 aromatic rings. The van der Waals surface area contributed by atoms with Crippen LogP contribution < -0.4 is 5.32 Å². The van der Waals surface area contributed by atoms with Crippen LogP contribution in [0.25, 0.3) is 0 Å². The minimum atomic E-state index is 0.0704. The second-order valence-electron chi connectivity index (χ2n) is 4.11. The lowest BCUT2D eigenvalue weighted by Crippen LogP contribution is -2.06.